The first kappa shape index (κ1) is 22.7. The van der Waals surface area contributed by atoms with Gasteiger partial charge in [-0.1, -0.05) is 60.7 Å². The minimum absolute atomic E-state index is 0.0751. The summed E-state index contributed by atoms with van der Waals surface area (Å²) in [7, 11) is 1.60. The molecule has 0 aliphatic heterocycles. The molecule has 0 bridgehead atoms. The summed E-state index contributed by atoms with van der Waals surface area (Å²) in [4.78, 5) is 24.1. The van der Waals surface area contributed by atoms with E-state index in [1.165, 1.54) is 11.8 Å². The summed E-state index contributed by atoms with van der Waals surface area (Å²) in [5.74, 6) is 0.402. The molecule has 4 rings (SSSR count). The summed E-state index contributed by atoms with van der Waals surface area (Å²) < 4.78 is 10.7. The highest BCUT2D eigenvalue weighted by atomic mass is 32.2. The number of rotatable bonds is 9. The van der Waals surface area contributed by atoms with Crippen molar-refractivity contribution in [3.63, 3.8) is 0 Å². The average Bonchev–Trinajstić information content (AvgIpc) is 3.16. The van der Waals surface area contributed by atoms with Crippen LogP contribution in [0.3, 0.4) is 0 Å². The second kappa shape index (κ2) is 10.4. The van der Waals surface area contributed by atoms with Crippen LogP contribution in [0.4, 0.5) is 4.79 Å². The highest BCUT2D eigenvalue weighted by Gasteiger charge is 2.29. The van der Waals surface area contributed by atoms with E-state index in [-0.39, 0.29) is 18.3 Å². The number of benzene rings is 3. The predicted octanol–water partition coefficient (Wildman–Crippen LogP) is 4.92. The smallest absolute Gasteiger partial charge is 0.407 e. The maximum atomic E-state index is 12.4. The number of ether oxygens (including phenoxy) is 2. The molecular weight excluding hydrogens is 438 g/mol. The highest BCUT2D eigenvalue weighted by Crippen LogP contribution is 2.44. The topological polar surface area (TPSA) is 84.9 Å². The van der Waals surface area contributed by atoms with Crippen LogP contribution in [0.25, 0.3) is 11.1 Å². The summed E-state index contributed by atoms with van der Waals surface area (Å²) in [6.07, 6.45) is -0.730. The van der Waals surface area contributed by atoms with Gasteiger partial charge in [0, 0.05) is 17.4 Å². The fraction of sp³-hybridized carbons (Fsp3) is 0.231. The van der Waals surface area contributed by atoms with Gasteiger partial charge >= 0.3 is 12.1 Å². The average molecular weight is 464 g/mol. The van der Waals surface area contributed by atoms with Crippen LogP contribution >= 0.6 is 11.8 Å². The molecule has 2 N–H and O–H groups in total. The zero-order chi connectivity index (χ0) is 23.2. The zero-order valence-electron chi connectivity index (χ0n) is 18.2. The van der Waals surface area contributed by atoms with Crippen LogP contribution in [0, 0.1) is 0 Å². The van der Waals surface area contributed by atoms with E-state index in [0.717, 1.165) is 33.6 Å². The Morgan fingerprint density at radius 2 is 1.67 bits per heavy atom. The number of carboxylic acids is 1. The number of methoxy groups -OCH3 is 1. The van der Waals surface area contributed by atoms with Gasteiger partial charge in [-0.25, -0.2) is 9.59 Å². The van der Waals surface area contributed by atoms with Crippen molar-refractivity contribution in [1.29, 1.82) is 0 Å². The van der Waals surface area contributed by atoms with Crippen LogP contribution in [-0.4, -0.2) is 42.7 Å². The van der Waals surface area contributed by atoms with Gasteiger partial charge in [-0.15, -0.1) is 0 Å². The molecule has 6 nitrogen and oxygen atoms in total. The molecule has 3 aromatic rings. The molecule has 0 radical (unpaired) electrons. The number of hydrogen-bond acceptors (Lipinski definition) is 5. The molecule has 170 valence electrons. The zero-order valence-corrected chi connectivity index (χ0v) is 19.0. The lowest BCUT2D eigenvalue weighted by Gasteiger charge is -2.17. The molecule has 7 heteroatoms. The number of aliphatic carboxylic acids is 1. The molecular formula is C26H25NO5S. The lowest BCUT2D eigenvalue weighted by Crippen LogP contribution is -2.43. The van der Waals surface area contributed by atoms with E-state index >= 15 is 0 Å². The molecule has 33 heavy (non-hydrogen) atoms. The van der Waals surface area contributed by atoms with Crippen LogP contribution < -0.4 is 10.1 Å². The fourth-order valence-corrected chi connectivity index (χ4v) is 5.01. The fourth-order valence-electron chi connectivity index (χ4n) is 4.01. The summed E-state index contributed by atoms with van der Waals surface area (Å²) >= 11 is 1.42. The van der Waals surface area contributed by atoms with Gasteiger partial charge in [0.05, 0.1) is 7.11 Å². The van der Waals surface area contributed by atoms with E-state index in [1.54, 1.807) is 7.11 Å². The van der Waals surface area contributed by atoms with E-state index in [4.69, 9.17) is 9.47 Å². The van der Waals surface area contributed by atoms with Gasteiger partial charge in [-0.3, -0.25) is 0 Å². The van der Waals surface area contributed by atoms with Gasteiger partial charge < -0.3 is 19.9 Å². The first-order valence-corrected chi connectivity index (χ1v) is 11.8. The van der Waals surface area contributed by atoms with E-state index < -0.39 is 18.1 Å². The maximum Gasteiger partial charge on any atom is 0.407 e. The largest absolute Gasteiger partial charge is 0.497 e. The predicted molar refractivity (Wildman–Crippen MR) is 129 cm³/mol. The van der Waals surface area contributed by atoms with Gasteiger partial charge in [0.2, 0.25) is 0 Å². The molecule has 0 heterocycles. The molecule has 3 aromatic carbocycles. The third-order valence-corrected chi connectivity index (χ3v) is 6.73. The third-order valence-electron chi connectivity index (χ3n) is 5.62. The Morgan fingerprint density at radius 1 is 1.00 bits per heavy atom. The van der Waals surface area contributed by atoms with Crippen LogP contribution in [0.5, 0.6) is 5.75 Å². The summed E-state index contributed by atoms with van der Waals surface area (Å²) in [6, 6.07) is 22.7. The molecule has 1 atom stereocenters. The minimum Gasteiger partial charge on any atom is -0.497 e. The Morgan fingerprint density at radius 3 is 2.30 bits per heavy atom. The number of amides is 1. The molecule has 0 saturated carbocycles. The molecule has 0 fully saturated rings. The second-order valence-corrected chi connectivity index (χ2v) is 8.76. The summed E-state index contributed by atoms with van der Waals surface area (Å²) in [5, 5.41) is 12.0. The van der Waals surface area contributed by atoms with Gasteiger partial charge in [0.1, 0.15) is 18.4 Å². The molecule has 1 unspecified atom stereocenters. The Hall–Kier alpha value is -3.45. The van der Waals surface area contributed by atoms with Gasteiger partial charge in [-0.2, -0.15) is 11.8 Å². The van der Waals surface area contributed by atoms with Crippen molar-refractivity contribution in [2.24, 2.45) is 0 Å². The molecule has 1 aliphatic carbocycles. The SMILES string of the molecule is COc1cccc(CSCC(NC(=O)OCC2c3ccccc3-c3ccccc32)C(=O)O)c1. The number of thioether (sulfide) groups is 1. The number of hydrogen-bond donors (Lipinski definition) is 2. The van der Waals surface area contributed by atoms with Crippen LogP contribution in [-0.2, 0) is 15.3 Å². The lowest BCUT2D eigenvalue weighted by molar-refractivity contribution is -0.138. The van der Waals surface area contributed by atoms with E-state index in [0.29, 0.717) is 5.75 Å². The Labute approximate surface area is 196 Å². The second-order valence-electron chi connectivity index (χ2n) is 7.73. The maximum absolute atomic E-state index is 12.4. The van der Waals surface area contributed by atoms with Gasteiger partial charge in [-0.05, 0) is 39.9 Å². The number of carbonyl (C=O) groups is 2. The lowest BCUT2D eigenvalue weighted by atomic mass is 9.98. The van der Waals surface area contributed by atoms with E-state index in [1.807, 2.05) is 60.7 Å². The van der Waals surface area contributed by atoms with E-state index in [9.17, 15) is 14.7 Å². The number of carbonyl (C=O) groups excluding carboxylic acids is 1. The standard InChI is InChI=1S/C26H25NO5S/c1-31-18-8-6-7-17(13-18)15-33-16-24(25(28)29)27-26(30)32-14-23-21-11-4-2-9-19(21)20-10-3-5-12-22(20)23/h2-13,23-24H,14-16H2,1H3,(H,27,30)(H,28,29). The quantitative estimate of drug-likeness (QED) is 0.469. The van der Waals surface area contributed by atoms with Crippen LogP contribution in [0.2, 0.25) is 0 Å². The first-order chi connectivity index (χ1) is 16.1. The molecule has 0 saturated heterocycles. The Kier molecular flexibility index (Phi) is 7.19. The molecule has 1 aliphatic rings. The molecule has 0 spiro atoms. The van der Waals surface area contributed by atoms with Gasteiger partial charge in [0.15, 0.2) is 0 Å². The Balaban J connectivity index is 1.33. The van der Waals surface area contributed by atoms with Crippen molar-refractivity contribution in [3.8, 4) is 16.9 Å². The third kappa shape index (κ3) is 5.31. The van der Waals surface area contributed by atoms with Crippen LogP contribution in [0.1, 0.15) is 22.6 Å². The molecule has 1 amide bonds. The van der Waals surface area contributed by atoms with Crippen molar-refractivity contribution in [2.45, 2.75) is 17.7 Å². The summed E-state index contributed by atoms with van der Waals surface area (Å²) in [5.41, 5.74) is 5.51. The van der Waals surface area contributed by atoms with Gasteiger partial charge in [0.25, 0.3) is 0 Å². The van der Waals surface area contributed by atoms with Crippen molar-refractivity contribution >= 4 is 23.8 Å². The summed E-state index contributed by atoms with van der Waals surface area (Å²) in [6.45, 7) is 0.142. The van der Waals surface area contributed by atoms with Crippen molar-refractivity contribution in [1.82, 2.24) is 5.32 Å². The molecule has 0 aromatic heterocycles. The van der Waals surface area contributed by atoms with E-state index in [2.05, 4.69) is 17.4 Å². The van der Waals surface area contributed by atoms with Crippen molar-refractivity contribution in [3.05, 3.63) is 89.5 Å². The number of nitrogens with one attached hydrogen (secondary N) is 1. The number of alkyl carbamates (subject to hydrolysis) is 1. The highest BCUT2D eigenvalue weighted by molar-refractivity contribution is 7.98. The minimum atomic E-state index is -1.10. The van der Waals surface area contributed by atoms with Crippen LogP contribution in [0.15, 0.2) is 72.8 Å². The normalized spacial score (nSPS) is 13.0. The van der Waals surface area contributed by atoms with Crippen molar-refractivity contribution < 1.29 is 24.2 Å². The van der Waals surface area contributed by atoms with Crippen molar-refractivity contribution in [2.75, 3.05) is 19.5 Å². The number of fused-ring (bicyclic) bond motifs is 3. The Bertz CT molecular complexity index is 1100. The number of carboxylic acid groups (broad SMARTS) is 1. The monoisotopic (exact) mass is 463 g/mol. The first-order valence-electron chi connectivity index (χ1n) is 10.6.